The third-order valence-corrected chi connectivity index (χ3v) is 2.26. The minimum absolute atomic E-state index is 0.266. The molecule has 1 nitrogen and oxygen atoms in total. The van der Waals surface area contributed by atoms with Crippen LogP contribution in [-0.2, 0) is 6.18 Å². The molecular weight excluding hydrogens is 292 g/mol. The summed E-state index contributed by atoms with van der Waals surface area (Å²) in [7, 11) is 0. The van der Waals surface area contributed by atoms with Gasteiger partial charge in [-0.1, -0.05) is 0 Å². The Kier molecular flexibility index (Phi) is 3.83. The minimum atomic E-state index is -4.52. The van der Waals surface area contributed by atoms with Crippen LogP contribution < -0.4 is 4.74 Å². The molecule has 0 aromatic heterocycles. The van der Waals surface area contributed by atoms with Crippen LogP contribution in [0.4, 0.5) is 17.6 Å². The van der Waals surface area contributed by atoms with Crippen LogP contribution in [0, 0.1) is 5.82 Å². The van der Waals surface area contributed by atoms with Crippen LogP contribution in [0.2, 0.25) is 0 Å². The Hall–Kier alpha value is -0.780. The van der Waals surface area contributed by atoms with E-state index in [4.69, 9.17) is 4.74 Å². The van der Waals surface area contributed by atoms with Gasteiger partial charge in [-0.25, -0.2) is 4.39 Å². The van der Waals surface area contributed by atoms with Crippen LogP contribution in [-0.4, -0.2) is 6.10 Å². The lowest BCUT2D eigenvalue weighted by Gasteiger charge is -2.14. The van der Waals surface area contributed by atoms with E-state index in [-0.39, 0.29) is 4.47 Å². The van der Waals surface area contributed by atoms with Gasteiger partial charge in [0.2, 0.25) is 0 Å². The molecule has 0 aliphatic heterocycles. The third-order valence-electron chi connectivity index (χ3n) is 1.68. The van der Waals surface area contributed by atoms with E-state index in [0.29, 0.717) is 12.1 Å². The summed E-state index contributed by atoms with van der Waals surface area (Å²) in [5, 5.41) is 0. The van der Waals surface area contributed by atoms with E-state index >= 15 is 0 Å². The maximum atomic E-state index is 13.4. The van der Waals surface area contributed by atoms with Gasteiger partial charge in [0, 0.05) is 0 Å². The maximum Gasteiger partial charge on any atom is 0.416 e. The maximum absolute atomic E-state index is 13.4. The highest BCUT2D eigenvalue weighted by Crippen LogP contribution is 2.36. The Morgan fingerprint density at radius 3 is 2.25 bits per heavy atom. The Bertz CT molecular complexity index is 387. The fraction of sp³-hybridized carbons (Fsp3) is 0.400. The van der Waals surface area contributed by atoms with Crippen LogP contribution in [0.5, 0.6) is 5.75 Å². The SMILES string of the molecule is CC(C)Oc1cc(C(F)(F)F)cc(Br)c1F. The molecule has 0 aliphatic rings. The summed E-state index contributed by atoms with van der Waals surface area (Å²) in [5.41, 5.74) is -0.948. The van der Waals surface area contributed by atoms with Crippen LogP contribution in [0.25, 0.3) is 0 Å². The average Bonchev–Trinajstić information content (AvgIpc) is 2.10. The molecule has 0 radical (unpaired) electrons. The fourth-order valence-electron chi connectivity index (χ4n) is 1.07. The standard InChI is InChI=1S/C10H9BrF4O/c1-5(2)16-8-4-6(10(13,14)15)3-7(11)9(8)12/h3-5H,1-2H3. The molecule has 0 unspecified atom stereocenters. The summed E-state index contributed by atoms with van der Waals surface area (Å²) in [6.45, 7) is 3.21. The summed E-state index contributed by atoms with van der Waals surface area (Å²) in [5.74, 6) is -1.24. The highest BCUT2D eigenvalue weighted by atomic mass is 79.9. The first kappa shape index (κ1) is 13.3. The number of alkyl halides is 3. The molecule has 90 valence electrons. The van der Waals surface area contributed by atoms with E-state index in [9.17, 15) is 17.6 Å². The quantitative estimate of drug-likeness (QED) is 0.736. The van der Waals surface area contributed by atoms with Gasteiger partial charge in [0.25, 0.3) is 0 Å². The van der Waals surface area contributed by atoms with Crippen LogP contribution in [0.1, 0.15) is 19.4 Å². The molecule has 0 amide bonds. The van der Waals surface area contributed by atoms with Crippen LogP contribution in [0.3, 0.4) is 0 Å². The number of rotatable bonds is 2. The van der Waals surface area contributed by atoms with Crippen molar-refractivity contribution in [3.8, 4) is 5.75 Å². The molecule has 0 aliphatic carbocycles. The molecule has 6 heteroatoms. The van der Waals surface area contributed by atoms with Crippen molar-refractivity contribution in [3.05, 3.63) is 28.0 Å². The van der Waals surface area contributed by atoms with Gasteiger partial charge < -0.3 is 4.74 Å². The number of hydrogen-bond acceptors (Lipinski definition) is 1. The molecule has 0 N–H and O–H groups in total. The normalized spacial score (nSPS) is 12.0. The molecule has 0 fully saturated rings. The van der Waals surface area contributed by atoms with E-state index < -0.39 is 29.4 Å². The van der Waals surface area contributed by atoms with Crippen molar-refractivity contribution in [2.45, 2.75) is 26.1 Å². The summed E-state index contributed by atoms with van der Waals surface area (Å²) in [6, 6.07) is 1.34. The first-order chi connectivity index (χ1) is 7.21. The van der Waals surface area contributed by atoms with Gasteiger partial charge in [-0.3, -0.25) is 0 Å². The zero-order chi connectivity index (χ0) is 12.5. The van der Waals surface area contributed by atoms with Crippen molar-refractivity contribution in [1.29, 1.82) is 0 Å². The first-order valence-corrected chi connectivity index (χ1v) is 5.24. The Labute approximate surface area is 98.5 Å². The van der Waals surface area contributed by atoms with Crippen molar-refractivity contribution < 1.29 is 22.3 Å². The summed E-state index contributed by atoms with van der Waals surface area (Å²) in [6.07, 6.45) is -4.92. The molecule has 1 aromatic carbocycles. The fourth-order valence-corrected chi connectivity index (χ4v) is 1.51. The lowest BCUT2D eigenvalue weighted by atomic mass is 10.2. The van der Waals surface area contributed by atoms with E-state index in [1.165, 1.54) is 0 Å². The molecule has 0 heterocycles. The second-order valence-corrected chi connectivity index (χ2v) is 4.29. The van der Waals surface area contributed by atoms with Gasteiger partial charge >= 0.3 is 6.18 Å². The second kappa shape index (κ2) is 4.61. The average molecular weight is 301 g/mol. The van der Waals surface area contributed by atoms with Gasteiger partial charge in [-0.15, -0.1) is 0 Å². The number of benzene rings is 1. The van der Waals surface area contributed by atoms with Crippen molar-refractivity contribution in [3.63, 3.8) is 0 Å². The monoisotopic (exact) mass is 300 g/mol. The molecule has 0 atom stereocenters. The predicted molar refractivity (Wildman–Crippen MR) is 54.9 cm³/mol. The molecule has 1 aromatic rings. The lowest BCUT2D eigenvalue weighted by Crippen LogP contribution is -2.10. The van der Waals surface area contributed by atoms with Gasteiger partial charge in [0.15, 0.2) is 11.6 Å². The van der Waals surface area contributed by atoms with Crippen molar-refractivity contribution in [1.82, 2.24) is 0 Å². The number of halogens is 5. The highest BCUT2D eigenvalue weighted by Gasteiger charge is 2.32. The highest BCUT2D eigenvalue weighted by molar-refractivity contribution is 9.10. The van der Waals surface area contributed by atoms with E-state index in [1.54, 1.807) is 13.8 Å². The Morgan fingerprint density at radius 2 is 1.81 bits per heavy atom. The van der Waals surface area contributed by atoms with E-state index in [1.807, 2.05) is 0 Å². The smallest absolute Gasteiger partial charge is 0.416 e. The van der Waals surface area contributed by atoms with Crippen LogP contribution >= 0.6 is 15.9 Å². The molecule has 1 rings (SSSR count). The van der Waals surface area contributed by atoms with Gasteiger partial charge in [0.1, 0.15) is 0 Å². The van der Waals surface area contributed by atoms with Crippen molar-refractivity contribution >= 4 is 15.9 Å². The largest absolute Gasteiger partial charge is 0.488 e. The Morgan fingerprint density at radius 1 is 1.25 bits per heavy atom. The van der Waals surface area contributed by atoms with Crippen molar-refractivity contribution in [2.24, 2.45) is 0 Å². The molecular formula is C10H9BrF4O. The van der Waals surface area contributed by atoms with Gasteiger partial charge in [-0.05, 0) is 41.9 Å². The molecule has 0 bridgehead atoms. The summed E-state index contributed by atoms with van der Waals surface area (Å²) < 4.78 is 55.3. The first-order valence-electron chi connectivity index (χ1n) is 4.44. The molecule has 0 saturated heterocycles. The summed E-state index contributed by atoms with van der Waals surface area (Å²) in [4.78, 5) is 0. The minimum Gasteiger partial charge on any atom is -0.488 e. The van der Waals surface area contributed by atoms with Crippen LogP contribution in [0.15, 0.2) is 16.6 Å². The molecule has 0 saturated carbocycles. The van der Waals surface area contributed by atoms with Gasteiger partial charge in [0.05, 0.1) is 16.1 Å². The Balaban J connectivity index is 3.22. The number of ether oxygens (including phenoxy) is 1. The van der Waals surface area contributed by atoms with Gasteiger partial charge in [-0.2, -0.15) is 13.2 Å². The number of hydrogen-bond donors (Lipinski definition) is 0. The third kappa shape index (κ3) is 3.10. The van der Waals surface area contributed by atoms with E-state index in [2.05, 4.69) is 15.9 Å². The zero-order valence-electron chi connectivity index (χ0n) is 8.53. The topological polar surface area (TPSA) is 9.23 Å². The van der Waals surface area contributed by atoms with E-state index in [0.717, 1.165) is 0 Å². The zero-order valence-corrected chi connectivity index (χ0v) is 10.1. The summed E-state index contributed by atoms with van der Waals surface area (Å²) >= 11 is 2.72. The molecule has 0 spiro atoms. The predicted octanol–water partition coefficient (Wildman–Crippen LogP) is 4.39. The lowest BCUT2D eigenvalue weighted by molar-refractivity contribution is -0.137. The molecule has 16 heavy (non-hydrogen) atoms. The van der Waals surface area contributed by atoms with Crippen molar-refractivity contribution in [2.75, 3.05) is 0 Å². The second-order valence-electron chi connectivity index (χ2n) is 3.43.